The summed E-state index contributed by atoms with van der Waals surface area (Å²) in [4.78, 5) is 24.1. The number of halogens is 2. The largest absolute Gasteiger partial charge is 0.352 e. The second-order valence-corrected chi connectivity index (χ2v) is 5.55. The van der Waals surface area contributed by atoms with Crippen LogP contribution in [0.3, 0.4) is 0 Å². The van der Waals surface area contributed by atoms with Crippen LogP contribution in [0, 0.1) is 5.41 Å². The van der Waals surface area contributed by atoms with Crippen molar-refractivity contribution in [3.8, 4) is 0 Å². The first-order valence-electron chi connectivity index (χ1n) is 5.94. The van der Waals surface area contributed by atoms with Gasteiger partial charge in [0.2, 0.25) is 11.8 Å². The molecule has 0 unspecified atom stereocenters. The molecule has 2 amide bonds. The summed E-state index contributed by atoms with van der Waals surface area (Å²) in [5, 5.41) is 5.99. The van der Waals surface area contributed by atoms with Crippen LogP contribution in [-0.2, 0) is 9.59 Å². The Labute approximate surface area is 128 Å². The van der Waals surface area contributed by atoms with Gasteiger partial charge in [-0.1, -0.05) is 29.3 Å². The van der Waals surface area contributed by atoms with Gasteiger partial charge in [-0.2, -0.15) is 0 Å². The van der Waals surface area contributed by atoms with Crippen molar-refractivity contribution in [2.75, 3.05) is 11.9 Å². The fourth-order valence-electron chi connectivity index (χ4n) is 1.36. The lowest BCUT2D eigenvalue weighted by Crippen LogP contribution is -2.45. The summed E-state index contributed by atoms with van der Waals surface area (Å²) in [6, 6.07) is 4.71. The first kappa shape index (κ1) is 16.5. The van der Waals surface area contributed by atoms with E-state index in [1.807, 2.05) is 0 Å². The van der Waals surface area contributed by atoms with Crippen LogP contribution in [-0.4, -0.2) is 18.4 Å². The summed E-state index contributed by atoms with van der Waals surface area (Å²) in [5.41, 5.74) is -0.872. The molecule has 0 fully saturated rings. The van der Waals surface area contributed by atoms with Gasteiger partial charge in [0.25, 0.3) is 0 Å². The van der Waals surface area contributed by atoms with Crippen LogP contribution in [0.4, 0.5) is 5.69 Å². The molecule has 20 heavy (non-hydrogen) atoms. The third kappa shape index (κ3) is 3.99. The zero-order valence-corrected chi connectivity index (χ0v) is 12.8. The number of carbonyl (C=O) groups excluding carboxylic acids is 2. The van der Waals surface area contributed by atoms with Gasteiger partial charge in [0.1, 0.15) is 5.41 Å². The highest BCUT2D eigenvalue weighted by Crippen LogP contribution is 2.27. The maximum absolute atomic E-state index is 12.2. The Morgan fingerprint density at radius 2 is 1.95 bits per heavy atom. The zero-order valence-electron chi connectivity index (χ0n) is 11.3. The van der Waals surface area contributed by atoms with Gasteiger partial charge in [-0.15, -0.1) is 6.58 Å². The van der Waals surface area contributed by atoms with E-state index < -0.39 is 17.2 Å². The summed E-state index contributed by atoms with van der Waals surface area (Å²) < 4.78 is 0. The molecule has 0 saturated carbocycles. The van der Waals surface area contributed by atoms with Crippen LogP contribution in [0.15, 0.2) is 30.9 Å². The Kier molecular flexibility index (Phi) is 5.60. The van der Waals surface area contributed by atoms with Crippen molar-refractivity contribution in [2.45, 2.75) is 13.8 Å². The smallest absolute Gasteiger partial charge is 0.239 e. The Hall–Kier alpha value is -1.52. The predicted octanol–water partition coefficient (Wildman–Crippen LogP) is 3.26. The molecule has 0 radical (unpaired) electrons. The Bertz CT molecular complexity index is 542. The van der Waals surface area contributed by atoms with Crippen molar-refractivity contribution >= 4 is 40.7 Å². The third-order valence-electron chi connectivity index (χ3n) is 2.72. The maximum Gasteiger partial charge on any atom is 0.239 e. The van der Waals surface area contributed by atoms with E-state index in [2.05, 4.69) is 17.2 Å². The van der Waals surface area contributed by atoms with E-state index in [4.69, 9.17) is 23.2 Å². The molecule has 2 N–H and O–H groups in total. The number of anilines is 1. The lowest BCUT2D eigenvalue weighted by molar-refractivity contribution is -0.138. The Morgan fingerprint density at radius 3 is 2.55 bits per heavy atom. The van der Waals surface area contributed by atoms with Crippen LogP contribution >= 0.6 is 23.2 Å². The first-order valence-corrected chi connectivity index (χ1v) is 6.70. The summed E-state index contributed by atoms with van der Waals surface area (Å²) in [5.74, 6) is -0.865. The molecule has 1 rings (SSSR count). The molecule has 0 aliphatic heterocycles. The molecular weight excluding hydrogens is 299 g/mol. The number of nitrogens with one attached hydrogen (secondary N) is 2. The number of carbonyl (C=O) groups is 2. The zero-order chi connectivity index (χ0) is 15.3. The molecule has 6 heteroatoms. The van der Waals surface area contributed by atoms with Crippen molar-refractivity contribution in [3.63, 3.8) is 0 Å². The molecule has 0 saturated heterocycles. The van der Waals surface area contributed by atoms with Gasteiger partial charge in [0.05, 0.1) is 10.7 Å². The summed E-state index contributed by atoms with van der Waals surface area (Å²) in [6.45, 7) is 6.85. The van der Waals surface area contributed by atoms with Gasteiger partial charge in [0.15, 0.2) is 0 Å². The van der Waals surface area contributed by atoms with E-state index in [1.54, 1.807) is 18.2 Å². The van der Waals surface area contributed by atoms with E-state index >= 15 is 0 Å². The van der Waals surface area contributed by atoms with Crippen LogP contribution in [0.1, 0.15) is 13.8 Å². The van der Waals surface area contributed by atoms with Crippen LogP contribution in [0.5, 0.6) is 0 Å². The second-order valence-electron chi connectivity index (χ2n) is 4.70. The molecule has 0 aromatic heterocycles. The van der Waals surface area contributed by atoms with E-state index in [1.165, 1.54) is 19.9 Å². The molecule has 0 heterocycles. The molecule has 1 aromatic rings. The van der Waals surface area contributed by atoms with Gasteiger partial charge in [-0.3, -0.25) is 9.59 Å². The number of amides is 2. The van der Waals surface area contributed by atoms with Crippen LogP contribution < -0.4 is 10.6 Å². The number of hydrogen-bond donors (Lipinski definition) is 2. The highest BCUT2D eigenvalue weighted by molar-refractivity contribution is 6.35. The van der Waals surface area contributed by atoms with Gasteiger partial charge in [0, 0.05) is 11.6 Å². The maximum atomic E-state index is 12.2. The van der Waals surface area contributed by atoms with Gasteiger partial charge < -0.3 is 10.6 Å². The minimum atomic E-state index is -1.24. The molecule has 0 atom stereocenters. The van der Waals surface area contributed by atoms with Gasteiger partial charge in [-0.25, -0.2) is 0 Å². The summed E-state index contributed by atoms with van der Waals surface area (Å²) >= 11 is 11.8. The standard InChI is InChI=1S/C14H16Cl2N2O2/c1-4-7-17-12(19)14(2,3)13(20)18-11-8-9(15)5-6-10(11)16/h4-6,8H,1,7H2,2-3H3,(H,17,19)(H,18,20). The monoisotopic (exact) mass is 314 g/mol. The highest BCUT2D eigenvalue weighted by atomic mass is 35.5. The second kappa shape index (κ2) is 6.77. The number of benzene rings is 1. The molecule has 1 aromatic carbocycles. The third-order valence-corrected chi connectivity index (χ3v) is 3.28. The van der Waals surface area contributed by atoms with Crippen molar-refractivity contribution < 1.29 is 9.59 Å². The molecule has 108 valence electrons. The lowest BCUT2D eigenvalue weighted by Gasteiger charge is -2.22. The number of rotatable bonds is 5. The normalized spacial score (nSPS) is 10.8. The van der Waals surface area contributed by atoms with E-state index in [-0.39, 0.29) is 0 Å². The minimum absolute atomic E-state index is 0.299. The van der Waals surface area contributed by atoms with Crippen LogP contribution in [0.25, 0.3) is 0 Å². The quantitative estimate of drug-likeness (QED) is 0.647. The summed E-state index contributed by atoms with van der Waals surface area (Å²) in [6.07, 6.45) is 1.54. The fraction of sp³-hybridized carbons (Fsp3) is 0.286. The fourth-order valence-corrected chi connectivity index (χ4v) is 1.70. The van der Waals surface area contributed by atoms with E-state index in [0.717, 1.165) is 0 Å². The Balaban J connectivity index is 2.86. The first-order chi connectivity index (χ1) is 9.28. The van der Waals surface area contributed by atoms with Crippen molar-refractivity contribution in [1.29, 1.82) is 0 Å². The van der Waals surface area contributed by atoms with E-state index in [0.29, 0.717) is 22.3 Å². The van der Waals surface area contributed by atoms with Crippen molar-refractivity contribution in [3.05, 3.63) is 40.9 Å². The molecule has 0 bridgehead atoms. The number of hydrogen-bond acceptors (Lipinski definition) is 2. The predicted molar refractivity (Wildman–Crippen MR) is 82.1 cm³/mol. The van der Waals surface area contributed by atoms with Crippen LogP contribution in [0.2, 0.25) is 10.0 Å². The van der Waals surface area contributed by atoms with Crippen molar-refractivity contribution in [1.82, 2.24) is 5.32 Å². The average molecular weight is 315 g/mol. The average Bonchev–Trinajstić information content (AvgIpc) is 2.39. The Morgan fingerprint density at radius 1 is 1.30 bits per heavy atom. The highest BCUT2D eigenvalue weighted by Gasteiger charge is 2.36. The molecule has 0 aliphatic rings. The van der Waals surface area contributed by atoms with Crippen molar-refractivity contribution in [2.24, 2.45) is 5.41 Å². The van der Waals surface area contributed by atoms with E-state index in [9.17, 15) is 9.59 Å². The SMILES string of the molecule is C=CCNC(=O)C(C)(C)C(=O)Nc1cc(Cl)ccc1Cl. The molecular formula is C14H16Cl2N2O2. The molecule has 4 nitrogen and oxygen atoms in total. The summed E-state index contributed by atoms with van der Waals surface area (Å²) in [7, 11) is 0. The molecule has 0 aliphatic carbocycles. The molecule has 0 spiro atoms. The van der Waals surface area contributed by atoms with Gasteiger partial charge in [-0.05, 0) is 32.0 Å². The lowest BCUT2D eigenvalue weighted by atomic mass is 9.91. The topological polar surface area (TPSA) is 58.2 Å². The minimum Gasteiger partial charge on any atom is -0.352 e. The van der Waals surface area contributed by atoms with Gasteiger partial charge >= 0.3 is 0 Å².